The fourth-order valence-corrected chi connectivity index (χ4v) is 4.66. The smallest absolute Gasteiger partial charge is 0.0207 e. The molecule has 118 valence electrons. The molecule has 0 atom stereocenters. The fraction of sp³-hybridized carbons (Fsp3) is 0. The van der Waals surface area contributed by atoms with Gasteiger partial charge in [0.05, 0.1) is 0 Å². The van der Waals surface area contributed by atoms with Crippen LogP contribution in [-0.2, 0) is 0 Å². The van der Waals surface area contributed by atoms with Crippen LogP contribution in [0.15, 0.2) is 107 Å². The lowest BCUT2D eigenvalue weighted by molar-refractivity contribution is 1.50. The van der Waals surface area contributed by atoms with E-state index in [1.54, 1.807) is 0 Å². The highest BCUT2D eigenvalue weighted by molar-refractivity contribution is 7.99. The summed E-state index contributed by atoms with van der Waals surface area (Å²) >= 11 is 1.86. The number of benzene rings is 5. The molecular formula is C24H16S. The van der Waals surface area contributed by atoms with E-state index in [0.717, 1.165) is 0 Å². The molecule has 0 aliphatic heterocycles. The average molecular weight is 336 g/mol. The highest BCUT2D eigenvalue weighted by Gasteiger charge is 2.09. The van der Waals surface area contributed by atoms with E-state index in [4.69, 9.17) is 0 Å². The quantitative estimate of drug-likeness (QED) is 0.305. The standard InChI is InChI=1S/C24H16S/c1-4-12-20-17(8-1)10-7-15-23(20)25-24-16-18-9-2-3-11-19(18)21-13-5-6-14-22(21)24/h1-16H. The van der Waals surface area contributed by atoms with Gasteiger partial charge in [-0.3, -0.25) is 0 Å². The summed E-state index contributed by atoms with van der Waals surface area (Å²) < 4.78 is 0. The molecule has 0 bridgehead atoms. The van der Waals surface area contributed by atoms with Crippen molar-refractivity contribution in [3.05, 3.63) is 97.1 Å². The van der Waals surface area contributed by atoms with Gasteiger partial charge >= 0.3 is 0 Å². The summed E-state index contributed by atoms with van der Waals surface area (Å²) in [6.07, 6.45) is 0. The number of fused-ring (bicyclic) bond motifs is 4. The van der Waals surface area contributed by atoms with Crippen molar-refractivity contribution in [2.75, 3.05) is 0 Å². The van der Waals surface area contributed by atoms with E-state index in [2.05, 4.69) is 97.1 Å². The molecule has 0 amide bonds. The normalized spacial score (nSPS) is 11.4. The van der Waals surface area contributed by atoms with Crippen molar-refractivity contribution in [3.63, 3.8) is 0 Å². The van der Waals surface area contributed by atoms with Crippen molar-refractivity contribution in [3.8, 4) is 0 Å². The Hall–Kier alpha value is -2.77. The molecule has 0 heterocycles. The fourth-order valence-electron chi connectivity index (χ4n) is 3.51. The van der Waals surface area contributed by atoms with Crippen molar-refractivity contribution in [2.45, 2.75) is 9.79 Å². The molecule has 0 radical (unpaired) electrons. The second-order valence-electron chi connectivity index (χ2n) is 6.22. The Morgan fingerprint density at radius 3 is 1.84 bits per heavy atom. The molecule has 0 saturated heterocycles. The first-order valence-corrected chi connectivity index (χ1v) is 9.28. The summed E-state index contributed by atoms with van der Waals surface area (Å²) in [7, 11) is 0. The summed E-state index contributed by atoms with van der Waals surface area (Å²) in [6, 6.07) is 34.8. The van der Waals surface area contributed by atoms with Gasteiger partial charge in [0.25, 0.3) is 0 Å². The lowest BCUT2D eigenvalue weighted by Gasteiger charge is -2.11. The van der Waals surface area contributed by atoms with E-state index in [9.17, 15) is 0 Å². The molecule has 25 heavy (non-hydrogen) atoms. The Morgan fingerprint density at radius 1 is 0.400 bits per heavy atom. The van der Waals surface area contributed by atoms with E-state index < -0.39 is 0 Å². The minimum atomic E-state index is 1.29. The van der Waals surface area contributed by atoms with E-state index in [1.807, 2.05) is 11.8 Å². The van der Waals surface area contributed by atoms with Crippen molar-refractivity contribution in [1.82, 2.24) is 0 Å². The molecular weight excluding hydrogens is 320 g/mol. The summed E-state index contributed by atoms with van der Waals surface area (Å²) in [5, 5.41) is 7.86. The second-order valence-corrected chi connectivity index (χ2v) is 7.30. The Kier molecular flexibility index (Phi) is 3.46. The van der Waals surface area contributed by atoms with Crippen LogP contribution in [0.25, 0.3) is 32.3 Å². The van der Waals surface area contributed by atoms with Gasteiger partial charge in [-0.15, -0.1) is 0 Å². The highest BCUT2D eigenvalue weighted by atomic mass is 32.2. The Bertz CT molecular complexity index is 1220. The van der Waals surface area contributed by atoms with E-state index in [1.165, 1.54) is 42.1 Å². The van der Waals surface area contributed by atoms with Gasteiger partial charge in [-0.05, 0) is 44.5 Å². The molecule has 0 aromatic heterocycles. The van der Waals surface area contributed by atoms with E-state index in [0.29, 0.717) is 0 Å². The predicted molar refractivity (Wildman–Crippen MR) is 110 cm³/mol. The van der Waals surface area contributed by atoms with Gasteiger partial charge in [-0.1, -0.05) is 96.7 Å². The van der Waals surface area contributed by atoms with Crippen LogP contribution >= 0.6 is 11.8 Å². The Morgan fingerprint density at radius 2 is 1.00 bits per heavy atom. The zero-order chi connectivity index (χ0) is 16.6. The molecule has 5 rings (SSSR count). The maximum Gasteiger partial charge on any atom is 0.0207 e. The third-order valence-electron chi connectivity index (χ3n) is 4.70. The van der Waals surface area contributed by atoms with Crippen molar-refractivity contribution in [2.24, 2.45) is 0 Å². The number of hydrogen-bond donors (Lipinski definition) is 0. The number of hydrogen-bond acceptors (Lipinski definition) is 1. The number of rotatable bonds is 2. The van der Waals surface area contributed by atoms with Gasteiger partial charge in [-0.2, -0.15) is 0 Å². The third kappa shape index (κ3) is 2.48. The van der Waals surface area contributed by atoms with Gasteiger partial charge in [-0.25, -0.2) is 0 Å². The zero-order valence-corrected chi connectivity index (χ0v) is 14.5. The second kappa shape index (κ2) is 5.94. The largest absolute Gasteiger partial charge is 0.0888 e. The monoisotopic (exact) mass is 336 g/mol. The zero-order valence-electron chi connectivity index (χ0n) is 13.6. The molecule has 0 aliphatic carbocycles. The van der Waals surface area contributed by atoms with Gasteiger partial charge < -0.3 is 0 Å². The molecule has 0 aliphatic rings. The van der Waals surface area contributed by atoms with Crippen LogP contribution in [0.3, 0.4) is 0 Å². The van der Waals surface area contributed by atoms with E-state index >= 15 is 0 Å². The molecule has 0 N–H and O–H groups in total. The van der Waals surface area contributed by atoms with Crippen LogP contribution in [0, 0.1) is 0 Å². The van der Waals surface area contributed by atoms with Gasteiger partial charge in [0.1, 0.15) is 0 Å². The minimum Gasteiger partial charge on any atom is -0.0888 e. The first-order chi connectivity index (χ1) is 12.4. The summed E-state index contributed by atoms with van der Waals surface area (Å²) in [6.45, 7) is 0. The van der Waals surface area contributed by atoms with Gasteiger partial charge in [0, 0.05) is 9.79 Å². The van der Waals surface area contributed by atoms with Crippen LogP contribution in [-0.4, -0.2) is 0 Å². The molecule has 0 nitrogen and oxygen atoms in total. The minimum absolute atomic E-state index is 1.29. The maximum atomic E-state index is 2.32. The van der Waals surface area contributed by atoms with Gasteiger partial charge in [0.2, 0.25) is 0 Å². The average Bonchev–Trinajstić information content (AvgIpc) is 2.68. The van der Waals surface area contributed by atoms with Crippen molar-refractivity contribution >= 4 is 44.1 Å². The molecule has 0 fully saturated rings. The summed E-state index contributed by atoms with van der Waals surface area (Å²) in [5.74, 6) is 0. The highest BCUT2D eigenvalue weighted by Crippen LogP contribution is 2.40. The van der Waals surface area contributed by atoms with Gasteiger partial charge in [0.15, 0.2) is 0 Å². The molecule has 0 unspecified atom stereocenters. The van der Waals surface area contributed by atoms with Crippen molar-refractivity contribution < 1.29 is 0 Å². The Labute approximate surface area is 151 Å². The summed E-state index contributed by atoms with van der Waals surface area (Å²) in [4.78, 5) is 2.61. The maximum absolute atomic E-state index is 2.32. The van der Waals surface area contributed by atoms with Crippen LogP contribution in [0.5, 0.6) is 0 Å². The topological polar surface area (TPSA) is 0 Å². The van der Waals surface area contributed by atoms with Crippen LogP contribution in [0.1, 0.15) is 0 Å². The lowest BCUT2D eigenvalue weighted by Crippen LogP contribution is -1.83. The molecule has 0 saturated carbocycles. The SMILES string of the molecule is c1ccc2c(Sc3cc4ccccc4c4ccccc34)cccc2c1. The summed E-state index contributed by atoms with van der Waals surface area (Å²) in [5.41, 5.74) is 0. The first-order valence-electron chi connectivity index (χ1n) is 8.46. The molecule has 5 aromatic carbocycles. The van der Waals surface area contributed by atoms with E-state index in [-0.39, 0.29) is 0 Å². The van der Waals surface area contributed by atoms with Crippen molar-refractivity contribution in [1.29, 1.82) is 0 Å². The molecule has 0 spiro atoms. The Balaban J connectivity index is 1.77. The van der Waals surface area contributed by atoms with Crippen LogP contribution in [0.2, 0.25) is 0 Å². The lowest BCUT2D eigenvalue weighted by atomic mass is 10.0. The third-order valence-corrected chi connectivity index (χ3v) is 5.83. The van der Waals surface area contributed by atoms with Crippen LogP contribution < -0.4 is 0 Å². The first kappa shape index (κ1) is 14.6. The van der Waals surface area contributed by atoms with Crippen LogP contribution in [0.4, 0.5) is 0 Å². The molecule has 1 heteroatoms. The molecule has 5 aromatic rings. The predicted octanol–water partition coefficient (Wildman–Crippen LogP) is 7.30.